The molecule has 0 spiro atoms. The molecule has 3 rings (SSSR count). The second-order valence-corrected chi connectivity index (χ2v) is 5.90. The highest BCUT2D eigenvalue weighted by atomic mass is 127. The Morgan fingerprint density at radius 3 is 2.86 bits per heavy atom. The van der Waals surface area contributed by atoms with Gasteiger partial charge in [0, 0.05) is 25.0 Å². The zero-order valence-corrected chi connectivity index (χ0v) is 15.0. The lowest BCUT2D eigenvalue weighted by Gasteiger charge is -2.19. The van der Waals surface area contributed by atoms with E-state index in [-0.39, 0.29) is 35.9 Å². The van der Waals surface area contributed by atoms with Crippen LogP contribution in [0, 0.1) is 17.2 Å². The molecule has 120 valence electrons. The molecule has 1 aromatic heterocycles. The Balaban J connectivity index is 0.00000176. The summed E-state index contributed by atoms with van der Waals surface area (Å²) in [6, 6.07) is 7.07. The predicted molar refractivity (Wildman–Crippen MR) is 96.2 cm³/mol. The Hall–Kier alpha value is -1.23. The van der Waals surface area contributed by atoms with Crippen LogP contribution in [0.25, 0.3) is 0 Å². The molecule has 2 saturated carbocycles. The fourth-order valence-electron chi connectivity index (χ4n) is 2.75. The average molecular weight is 414 g/mol. The zero-order chi connectivity index (χ0) is 14.5. The minimum absolute atomic E-state index is 0. The number of hydrogen-bond acceptors (Lipinski definition) is 3. The van der Waals surface area contributed by atoms with Gasteiger partial charge in [0.05, 0.1) is 18.3 Å². The lowest BCUT2D eigenvalue weighted by Crippen LogP contribution is -2.45. The summed E-state index contributed by atoms with van der Waals surface area (Å²) in [5.41, 5.74) is 0. The summed E-state index contributed by atoms with van der Waals surface area (Å²) in [6.07, 6.45) is 8.10. The highest BCUT2D eigenvalue weighted by Crippen LogP contribution is 2.25. The lowest BCUT2D eigenvalue weighted by atomic mass is 10.1. The van der Waals surface area contributed by atoms with Gasteiger partial charge in [-0.1, -0.05) is 0 Å². The van der Waals surface area contributed by atoms with Crippen molar-refractivity contribution in [3.63, 3.8) is 0 Å². The molecule has 2 atom stereocenters. The predicted octanol–water partition coefficient (Wildman–Crippen LogP) is 2.83. The Labute approximate surface area is 148 Å². The van der Waals surface area contributed by atoms with E-state index in [2.05, 4.69) is 21.7 Å². The van der Waals surface area contributed by atoms with Crippen molar-refractivity contribution in [2.45, 2.75) is 50.6 Å². The topological polar surface area (TPSA) is 73.3 Å². The van der Waals surface area contributed by atoms with Gasteiger partial charge in [-0.3, -0.25) is 4.99 Å². The van der Waals surface area contributed by atoms with Crippen LogP contribution in [0.5, 0.6) is 0 Å². The third-order valence-corrected chi connectivity index (χ3v) is 4.13. The van der Waals surface area contributed by atoms with Gasteiger partial charge in [0.15, 0.2) is 5.96 Å². The van der Waals surface area contributed by atoms with Crippen molar-refractivity contribution in [3.8, 4) is 6.07 Å². The molecular formula is C16H23IN4O. The summed E-state index contributed by atoms with van der Waals surface area (Å²) < 4.78 is 5.32. The van der Waals surface area contributed by atoms with Crippen molar-refractivity contribution in [1.29, 1.82) is 5.26 Å². The highest BCUT2D eigenvalue weighted by molar-refractivity contribution is 14.0. The second kappa shape index (κ2) is 8.42. The van der Waals surface area contributed by atoms with Crippen LogP contribution in [0.1, 0.15) is 37.9 Å². The van der Waals surface area contributed by atoms with Crippen LogP contribution < -0.4 is 10.6 Å². The molecule has 2 unspecified atom stereocenters. The first kappa shape index (κ1) is 17.1. The van der Waals surface area contributed by atoms with E-state index in [9.17, 15) is 5.26 Å². The van der Waals surface area contributed by atoms with Gasteiger partial charge in [0.1, 0.15) is 5.76 Å². The zero-order valence-electron chi connectivity index (χ0n) is 12.6. The molecule has 22 heavy (non-hydrogen) atoms. The van der Waals surface area contributed by atoms with Crippen molar-refractivity contribution >= 4 is 29.9 Å². The summed E-state index contributed by atoms with van der Waals surface area (Å²) in [7, 11) is 0. The molecule has 0 radical (unpaired) electrons. The van der Waals surface area contributed by atoms with Gasteiger partial charge in [-0.15, -0.1) is 24.0 Å². The minimum atomic E-state index is 0. The monoisotopic (exact) mass is 414 g/mol. The number of aliphatic imine (C=N–C) groups is 1. The first-order chi connectivity index (χ1) is 10.3. The van der Waals surface area contributed by atoms with Crippen LogP contribution in [0.4, 0.5) is 0 Å². The van der Waals surface area contributed by atoms with E-state index in [0.29, 0.717) is 12.6 Å². The van der Waals surface area contributed by atoms with Crippen LogP contribution in [-0.2, 0) is 6.42 Å². The molecule has 5 nitrogen and oxygen atoms in total. The highest BCUT2D eigenvalue weighted by Gasteiger charge is 2.29. The van der Waals surface area contributed by atoms with Crippen molar-refractivity contribution in [2.75, 3.05) is 6.54 Å². The quantitative estimate of drug-likeness (QED) is 0.442. The normalized spacial score (nSPS) is 24.4. The molecule has 0 bridgehead atoms. The smallest absolute Gasteiger partial charge is 0.191 e. The largest absolute Gasteiger partial charge is 0.469 e. The van der Waals surface area contributed by atoms with Crippen LogP contribution >= 0.6 is 24.0 Å². The van der Waals surface area contributed by atoms with E-state index in [1.165, 1.54) is 12.8 Å². The van der Waals surface area contributed by atoms with Crippen LogP contribution in [-0.4, -0.2) is 24.6 Å². The third-order valence-electron chi connectivity index (χ3n) is 4.13. The third kappa shape index (κ3) is 4.90. The maximum atomic E-state index is 9.18. The Morgan fingerprint density at radius 2 is 2.18 bits per heavy atom. The molecule has 0 amide bonds. The maximum Gasteiger partial charge on any atom is 0.191 e. The maximum absolute atomic E-state index is 9.18. The van der Waals surface area contributed by atoms with Gasteiger partial charge in [-0.2, -0.15) is 5.26 Å². The van der Waals surface area contributed by atoms with Crippen LogP contribution in [0.2, 0.25) is 0 Å². The summed E-state index contributed by atoms with van der Waals surface area (Å²) in [4.78, 5) is 4.64. The molecule has 1 heterocycles. The first-order valence-electron chi connectivity index (χ1n) is 7.84. The van der Waals surface area contributed by atoms with Crippen LogP contribution in [0.15, 0.2) is 27.8 Å². The van der Waals surface area contributed by atoms with E-state index in [0.717, 1.165) is 37.4 Å². The van der Waals surface area contributed by atoms with Gasteiger partial charge in [0.25, 0.3) is 0 Å². The number of nitrogens with one attached hydrogen (secondary N) is 2. The molecule has 0 aliphatic heterocycles. The van der Waals surface area contributed by atoms with Gasteiger partial charge in [-0.05, 0) is 44.2 Å². The Morgan fingerprint density at radius 1 is 1.32 bits per heavy atom. The molecule has 0 saturated heterocycles. The van der Waals surface area contributed by atoms with Gasteiger partial charge in [-0.25, -0.2) is 0 Å². The number of nitriles is 1. The van der Waals surface area contributed by atoms with Gasteiger partial charge >= 0.3 is 0 Å². The van der Waals surface area contributed by atoms with Gasteiger partial charge < -0.3 is 15.1 Å². The second-order valence-electron chi connectivity index (χ2n) is 5.90. The molecule has 2 aliphatic carbocycles. The van der Waals surface area contributed by atoms with E-state index >= 15 is 0 Å². The van der Waals surface area contributed by atoms with Crippen molar-refractivity contribution in [2.24, 2.45) is 10.9 Å². The lowest BCUT2D eigenvalue weighted by molar-refractivity contribution is 0.509. The number of furan rings is 1. The number of hydrogen-bond donors (Lipinski definition) is 2. The molecule has 2 N–H and O–H groups in total. The fraction of sp³-hybridized carbons (Fsp3) is 0.625. The molecular weight excluding hydrogens is 391 g/mol. The molecule has 1 aromatic rings. The van der Waals surface area contributed by atoms with E-state index < -0.39 is 0 Å². The minimum Gasteiger partial charge on any atom is -0.469 e. The van der Waals surface area contributed by atoms with Crippen molar-refractivity contribution in [1.82, 2.24) is 10.6 Å². The van der Waals surface area contributed by atoms with Crippen molar-refractivity contribution < 1.29 is 4.42 Å². The van der Waals surface area contributed by atoms with Crippen molar-refractivity contribution in [3.05, 3.63) is 24.2 Å². The number of rotatable bonds is 5. The van der Waals surface area contributed by atoms with E-state index in [1.807, 2.05) is 12.1 Å². The fourth-order valence-corrected chi connectivity index (χ4v) is 2.75. The van der Waals surface area contributed by atoms with E-state index in [4.69, 9.17) is 4.42 Å². The first-order valence-corrected chi connectivity index (χ1v) is 7.84. The molecule has 6 heteroatoms. The molecule has 2 aliphatic rings. The van der Waals surface area contributed by atoms with E-state index in [1.54, 1.807) is 6.26 Å². The average Bonchev–Trinajstić information content (AvgIpc) is 2.98. The summed E-state index contributed by atoms with van der Waals surface area (Å²) >= 11 is 0. The molecule has 0 aromatic carbocycles. The number of guanidine groups is 1. The van der Waals surface area contributed by atoms with Gasteiger partial charge in [0.2, 0.25) is 0 Å². The Kier molecular flexibility index (Phi) is 6.55. The summed E-state index contributed by atoms with van der Waals surface area (Å²) in [5, 5.41) is 16.1. The van der Waals surface area contributed by atoms with Crippen LogP contribution in [0.3, 0.4) is 0 Å². The molecule has 2 fully saturated rings. The SMILES string of the molecule is I.N#CC1CCCC1NC(=NCCc1ccco1)NC1CC1. The number of nitrogens with zero attached hydrogens (tertiary/aromatic N) is 2. The standard InChI is InChI=1S/C16H22N4O.HI/c17-11-12-3-1-5-15(12)20-16(19-13-6-7-13)18-9-8-14-4-2-10-21-14;/h2,4,10,12-13,15H,1,3,5-9H2,(H2,18,19,20);1H. The summed E-state index contributed by atoms with van der Waals surface area (Å²) in [6.45, 7) is 0.694. The number of halogens is 1. The Bertz CT molecular complexity index is 519. The summed E-state index contributed by atoms with van der Waals surface area (Å²) in [5.74, 6) is 1.93.